The number of halogens is 4. The molecule has 0 unspecified atom stereocenters. The topological polar surface area (TPSA) is 63.8 Å². The number of hydrogen-bond donors (Lipinski definition) is 1. The number of carbonyl (C=O) groups excluding carboxylic acids is 1. The van der Waals surface area contributed by atoms with Gasteiger partial charge in [-0.2, -0.15) is 5.10 Å². The van der Waals surface area contributed by atoms with Gasteiger partial charge in [-0.25, -0.2) is 5.43 Å². The SMILES string of the molecule is O=C(N/N=C\c1cc(Br)c(OCc2ccccc2)c(Br)c1)c1cc2cc(Br)cc(Br)c2o1. The van der Waals surface area contributed by atoms with Gasteiger partial charge in [0.15, 0.2) is 5.76 Å². The molecular weight excluding hydrogens is 672 g/mol. The van der Waals surface area contributed by atoms with E-state index in [2.05, 4.69) is 74.2 Å². The molecule has 0 aliphatic carbocycles. The molecule has 0 saturated carbocycles. The molecule has 0 aliphatic rings. The second-order valence-corrected chi connectivity index (χ2v) is 10.2. The van der Waals surface area contributed by atoms with Crippen LogP contribution in [0.3, 0.4) is 0 Å². The first-order chi connectivity index (χ1) is 15.4. The number of nitrogens with one attached hydrogen (secondary N) is 1. The zero-order valence-corrected chi connectivity index (χ0v) is 22.6. The molecule has 4 aromatic rings. The van der Waals surface area contributed by atoms with Crippen LogP contribution in [0.5, 0.6) is 5.75 Å². The van der Waals surface area contributed by atoms with Crippen molar-refractivity contribution >= 4 is 86.8 Å². The van der Waals surface area contributed by atoms with Gasteiger partial charge in [-0.3, -0.25) is 4.79 Å². The number of rotatable bonds is 6. The van der Waals surface area contributed by atoms with E-state index in [4.69, 9.17) is 9.15 Å². The van der Waals surface area contributed by atoms with Crippen molar-refractivity contribution < 1.29 is 13.9 Å². The molecule has 0 fully saturated rings. The molecule has 1 aromatic heterocycles. The van der Waals surface area contributed by atoms with Gasteiger partial charge in [-0.05, 0) is 89.2 Å². The molecular formula is C23H14Br4N2O3. The van der Waals surface area contributed by atoms with Crippen LogP contribution in [0.15, 0.2) is 88.1 Å². The van der Waals surface area contributed by atoms with Crippen LogP contribution in [0.25, 0.3) is 11.0 Å². The van der Waals surface area contributed by atoms with Crippen molar-refractivity contribution in [2.24, 2.45) is 5.10 Å². The summed E-state index contributed by atoms with van der Waals surface area (Å²) in [5.41, 5.74) is 4.93. The Hall–Kier alpha value is -1.94. The summed E-state index contributed by atoms with van der Waals surface area (Å²) in [4.78, 5) is 12.4. The highest BCUT2D eigenvalue weighted by Gasteiger charge is 2.14. The standard InChI is InChI=1S/C23H14Br4N2O3/c24-16-8-15-9-20(32-21(15)19(27)10-16)23(30)29-28-11-14-6-17(25)22(18(26)7-14)31-12-13-4-2-1-3-5-13/h1-11H,12H2,(H,29,30)/b28-11-. The summed E-state index contributed by atoms with van der Waals surface area (Å²) in [6.07, 6.45) is 1.55. The first-order valence-electron chi connectivity index (χ1n) is 9.28. The van der Waals surface area contributed by atoms with Crippen LogP contribution in [0, 0.1) is 0 Å². The molecule has 9 heteroatoms. The number of furan rings is 1. The first kappa shape index (κ1) is 23.2. The lowest BCUT2D eigenvalue weighted by Crippen LogP contribution is -2.16. The minimum atomic E-state index is -0.443. The molecule has 0 aliphatic heterocycles. The number of ether oxygens (including phenoxy) is 1. The quantitative estimate of drug-likeness (QED) is 0.166. The van der Waals surface area contributed by atoms with E-state index in [1.165, 1.54) is 0 Å². The summed E-state index contributed by atoms with van der Waals surface area (Å²) >= 11 is 13.9. The van der Waals surface area contributed by atoms with E-state index in [-0.39, 0.29) is 5.76 Å². The lowest BCUT2D eigenvalue weighted by Gasteiger charge is -2.11. The summed E-state index contributed by atoms with van der Waals surface area (Å²) in [5.74, 6) is 0.415. The Kier molecular flexibility index (Phi) is 7.50. The third kappa shape index (κ3) is 5.51. The molecule has 0 radical (unpaired) electrons. The zero-order valence-electron chi connectivity index (χ0n) is 16.2. The van der Waals surface area contributed by atoms with Gasteiger partial charge >= 0.3 is 5.91 Å². The number of nitrogens with zero attached hydrogens (tertiary/aromatic N) is 1. The number of hydrogen-bond acceptors (Lipinski definition) is 4. The van der Waals surface area contributed by atoms with Crippen molar-refractivity contribution in [2.75, 3.05) is 0 Å². The fourth-order valence-electron chi connectivity index (χ4n) is 2.93. The third-order valence-corrected chi connectivity index (χ3v) is 6.61. The van der Waals surface area contributed by atoms with E-state index >= 15 is 0 Å². The van der Waals surface area contributed by atoms with Crippen LogP contribution < -0.4 is 10.2 Å². The highest BCUT2D eigenvalue weighted by Crippen LogP contribution is 2.35. The minimum absolute atomic E-state index is 0.169. The van der Waals surface area contributed by atoms with Crippen molar-refractivity contribution in [2.45, 2.75) is 6.61 Å². The maximum absolute atomic E-state index is 12.4. The van der Waals surface area contributed by atoms with E-state index in [1.807, 2.05) is 54.6 Å². The van der Waals surface area contributed by atoms with Crippen LogP contribution in [0.2, 0.25) is 0 Å². The van der Waals surface area contributed by atoms with Gasteiger partial charge in [0.05, 0.1) is 19.6 Å². The third-order valence-electron chi connectivity index (χ3n) is 4.39. The highest BCUT2D eigenvalue weighted by atomic mass is 79.9. The zero-order chi connectivity index (χ0) is 22.7. The maximum Gasteiger partial charge on any atom is 0.307 e. The van der Waals surface area contributed by atoms with Gasteiger partial charge in [-0.15, -0.1) is 0 Å². The van der Waals surface area contributed by atoms with E-state index in [0.29, 0.717) is 17.9 Å². The fourth-order valence-corrected chi connectivity index (χ4v) is 5.72. The Labute approximate surface area is 217 Å². The summed E-state index contributed by atoms with van der Waals surface area (Å²) in [6, 6.07) is 19.0. The lowest BCUT2D eigenvalue weighted by atomic mass is 10.2. The Morgan fingerprint density at radius 2 is 1.69 bits per heavy atom. The van der Waals surface area contributed by atoms with Gasteiger partial charge in [0.2, 0.25) is 0 Å². The van der Waals surface area contributed by atoms with Crippen molar-refractivity contribution in [3.05, 3.63) is 95.4 Å². The number of benzene rings is 3. The Bertz CT molecular complexity index is 1300. The van der Waals surface area contributed by atoms with Crippen LogP contribution in [0.1, 0.15) is 21.7 Å². The normalized spacial score (nSPS) is 11.2. The molecule has 32 heavy (non-hydrogen) atoms. The molecule has 162 valence electrons. The monoisotopic (exact) mass is 682 g/mol. The van der Waals surface area contributed by atoms with E-state index in [9.17, 15) is 4.79 Å². The minimum Gasteiger partial charge on any atom is -0.487 e. The fraction of sp³-hybridized carbons (Fsp3) is 0.0435. The molecule has 5 nitrogen and oxygen atoms in total. The van der Waals surface area contributed by atoms with Crippen molar-refractivity contribution in [1.29, 1.82) is 0 Å². The van der Waals surface area contributed by atoms with Crippen LogP contribution >= 0.6 is 63.7 Å². The number of amides is 1. The number of carbonyl (C=O) groups is 1. The van der Waals surface area contributed by atoms with Crippen LogP contribution in [0.4, 0.5) is 0 Å². The summed E-state index contributed by atoms with van der Waals surface area (Å²) in [7, 11) is 0. The lowest BCUT2D eigenvalue weighted by molar-refractivity contribution is 0.0929. The Morgan fingerprint density at radius 3 is 2.41 bits per heavy atom. The Balaban J connectivity index is 1.43. The number of hydrazone groups is 1. The van der Waals surface area contributed by atoms with Gasteiger partial charge in [0.1, 0.15) is 17.9 Å². The van der Waals surface area contributed by atoms with Gasteiger partial charge < -0.3 is 9.15 Å². The summed E-state index contributed by atoms with van der Waals surface area (Å²) in [5, 5.41) is 4.85. The molecule has 0 atom stereocenters. The van der Waals surface area contributed by atoms with Gasteiger partial charge in [0.25, 0.3) is 0 Å². The molecule has 0 saturated heterocycles. The van der Waals surface area contributed by atoms with E-state index in [0.717, 1.165) is 34.4 Å². The molecule has 0 spiro atoms. The first-order valence-corrected chi connectivity index (χ1v) is 12.5. The molecule has 1 N–H and O–H groups in total. The molecule has 0 bridgehead atoms. The second kappa shape index (κ2) is 10.3. The van der Waals surface area contributed by atoms with Crippen molar-refractivity contribution in [3.63, 3.8) is 0 Å². The van der Waals surface area contributed by atoms with Gasteiger partial charge in [0, 0.05) is 9.86 Å². The average molecular weight is 686 g/mol. The van der Waals surface area contributed by atoms with Crippen LogP contribution in [-0.2, 0) is 6.61 Å². The van der Waals surface area contributed by atoms with Crippen molar-refractivity contribution in [1.82, 2.24) is 5.43 Å². The summed E-state index contributed by atoms with van der Waals surface area (Å²) < 4.78 is 14.8. The van der Waals surface area contributed by atoms with E-state index in [1.54, 1.807) is 12.3 Å². The molecule has 4 rings (SSSR count). The highest BCUT2D eigenvalue weighted by molar-refractivity contribution is 9.11. The number of fused-ring (bicyclic) bond motifs is 1. The average Bonchev–Trinajstić information content (AvgIpc) is 3.18. The predicted octanol–water partition coefficient (Wildman–Crippen LogP) is 7.83. The second-order valence-electron chi connectivity index (χ2n) is 6.70. The molecule has 1 amide bonds. The smallest absolute Gasteiger partial charge is 0.307 e. The van der Waals surface area contributed by atoms with Crippen LogP contribution in [-0.4, -0.2) is 12.1 Å². The molecule has 1 heterocycles. The maximum atomic E-state index is 12.4. The van der Waals surface area contributed by atoms with E-state index < -0.39 is 5.91 Å². The molecule has 3 aromatic carbocycles. The largest absolute Gasteiger partial charge is 0.487 e. The Morgan fingerprint density at radius 1 is 0.969 bits per heavy atom. The van der Waals surface area contributed by atoms with Crippen molar-refractivity contribution in [3.8, 4) is 5.75 Å². The predicted molar refractivity (Wildman–Crippen MR) is 139 cm³/mol. The van der Waals surface area contributed by atoms with Gasteiger partial charge in [-0.1, -0.05) is 46.3 Å². The summed E-state index contributed by atoms with van der Waals surface area (Å²) in [6.45, 7) is 0.450.